The van der Waals surface area contributed by atoms with Crippen molar-refractivity contribution < 1.29 is 4.79 Å². The molecule has 9 N–H and O–H groups in total. The van der Waals surface area contributed by atoms with E-state index in [1.54, 1.807) is 0 Å². The zero-order valence-electron chi connectivity index (χ0n) is 17.4. The first-order valence-corrected chi connectivity index (χ1v) is 10.9. The molecule has 1 fully saturated rings. The first-order chi connectivity index (χ1) is 14.4. The van der Waals surface area contributed by atoms with Crippen molar-refractivity contribution in [1.82, 2.24) is 25.5 Å². The molecule has 2 rings (SSSR count). The van der Waals surface area contributed by atoms with Gasteiger partial charge in [-0.3, -0.25) is 15.5 Å². The lowest BCUT2D eigenvalue weighted by atomic mass is 9.91. The number of anilines is 2. The average Bonchev–Trinajstić information content (AvgIpc) is 2.71. The second-order valence-corrected chi connectivity index (χ2v) is 8.02. The van der Waals surface area contributed by atoms with Gasteiger partial charge in [-0.1, -0.05) is 24.4 Å². The number of nitrogens with zero attached hydrogens (tertiary/aromatic N) is 3. The Labute approximate surface area is 182 Å². The molecule has 0 spiro atoms. The van der Waals surface area contributed by atoms with E-state index in [0.29, 0.717) is 6.54 Å². The molecule has 1 saturated heterocycles. The summed E-state index contributed by atoms with van der Waals surface area (Å²) in [6, 6.07) is 0. The predicted molar refractivity (Wildman–Crippen MR) is 120 cm³/mol. The molecule has 2 heterocycles. The molecule has 0 aromatic carbocycles. The molecule has 1 aromatic heterocycles. The third-order valence-corrected chi connectivity index (χ3v) is 5.61. The zero-order chi connectivity index (χ0) is 21.9. The number of aromatic nitrogens is 2. The molecule has 0 aliphatic carbocycles. The Morgan fingerprint density at radius 3 is 2.57 bits per heavy atom. The highest BCUT2D eigenvalue weighted by atomic mass is 35.5. The van der Waals surface area contributed by atoms with Crippen molar-refractivity contribution in [3.05, 3.63) is 10.8 Å². The molecule has 1 aromatic rings. The quantitative estimate of drug-likeness (QED) is 0.179. The topological polar surface area (TPSA) is 172 Å². The number of carbonyl (C=O) groups excluding carboxylic acids is 1. The maximum Gasteiger partial charge on any atom is 0.280 e. The number of hydrogen-bond acceptors (Lipinski definition) is 8. The number of nitrogens with two attached hydrogens (primary N) is 3. The molecule has 10 nitrogen and oxygen atoms in total. The van der Waals surface area contributed by atoms with Gasteiger partial charge in [-0.2, -0.15) is 0 Å². The molecular formula is C19H34ClN9O. The predicted octanol–water partition coefficient (Wildman–Crippen LogP) is 1.17. The number of hydrogen-bond donors (Lipinski definition) is 6. The third kappa shape index (κ3) is 7.92. The highest BCUT2D eigenvalue weighted by Gasteiger charge is 2.19. The number of halogens is 1. The van der Waals surface area contributed by atoms with Crippen molar-refractivity contribution in [2.24, 2.45) is 11.7 Å². The van der Waals surface area contributed by atoms with Crippen LogP contribution in [-0.4, -0.2) is 59.5 Å². The van der Waals surface area contributed by atoms with E-state index in [1.165, 1.54) is 38.8 Å². The Morgan fingerprint density at radius 1 is 1.13 bits per heavy atom. The molecule has 30 heavy (non-hydrogen) atoms. The SMILES string of the molecule is N=C(NCCCCN1CCC(CCCCN)CC1)NC(=O)c1nc(Cl)c(N)nc1N. The van der Waals surface area contributed by atoms with Crippen molar-refractivity contribution in [2.75, 3.05) is 44.2 Å². The number of nitrogens with one attached hydrogen (secondary N) is 3. The van der Waals surface area contributed by atoms with Gasteiger partial charge in [0.05, 0.1) is 0 Å². The maximum atomic E-state index is 12.2. The summed E-state index contributed by atoms with van der Waals surface area (Å²) in [5, 5.41) is 13.0. The largest absolute Gasteiger partial charge is 0.382 e. The molecule has 0 atom stereocenters. The lowest BCUT2D eigenvalue weighted by Crippen LogP contribution is -2.41. The fraction of sp³-hybridized carbons (Fsp3) is 0.684. The minimum Gasteiger partial charge on any atom is -0.382 e. The Balaban J connectivity index is 1.57. The summed E-state index contributed by atoms with van der Waals surface area (Å²) in [7, 11) is 0. The van der Waals surface area contributed by atoms with Crippen molar-refractivity contribution in [3.63, 3.8) is 0 Å². The van der Waals surface area contributed by atoms with Gasteiger partial charge < -0.3 is 27.4 Å². The smallest absolute Gasteiger partial charge is 0.280 e. The second-order valence-electron chi connectivity index (χ2n) is 7.67. The van der Waals surface area contributed by atoms with Crippen LogP contribution in [0.1, 0.15) is 55.4 Å². The standard InChI is InChI=1S/C19H34ClN9O/c20-15-17(23)27-16(22)14(26-15)18(30)28-19(24)25-9-3-4-10-29-11-6-13(7-12-29)5-1-2-8-21/h13H,1-12,21H2,(H4,22,23,27)(H3,24,25,28,30). The second kappa shape index (κ2) is 12.5. The van der Waals surface area contributed by atoms with Crippen LogP contribution in [0.2, 0.25) is 5.15 Å². The summed E-state index contributed by atoms with van der Waals surface area (Å²) in [6.07, 6.45) is 8.20. The number of piperidine rings is 1. The van der Waals surface area contributed by atoms with Crippen LogP contribution in [0.4, 0.5) is 11.6 Å². The number of likely N-dealkylation sites (tertiary alicyclic amines) is 1. The molecule has 0 radical (unpaired) electrons. The number of carbonyl (C=O) groups is 1. The molecule has 11 heteroatoms. The van der Waals surface area contributed by atoms with Crippen molar-refractivity contribution >= 4 is 35.1 Å². The lowest BCUT2D eigenvalue weighted by molar-refractivity contribution is 0.0971. The molecular weight excluding hydrogens is 406 g/mol. The van der Waals surface area contributed by atoms with E-state index in [0.717, 1.165) is 38.3 Å². The minimum absolute atomic E-state index is 0.0465. The normalized spacial score (nSPS) is 15.1. The average molecular weight is 440 g/mol. The summed E-state index contributed by atoms with van der Waals surface area (Å²) in [6.45, 7) is 4.79. The van der Waals surface area contributed by atoms with E-state index in [9.17, 15) is 4.79 Å². The van der Waals surface area contributed by atoms with Gasteiger partial charge >= 0.3 is 0 Å². The van der Waals surface area contributed by atoms with Crippen molar-refractivity contribution in [1.29, 1.82) is 5.41 Å². The van der Waals surface area contributed by atoms with E-state index < -0.39 is 5.91 Å². The summed E-state index contributed by atoms with van der Waals surface area (Å²) in [5.41, 5.74) is 16.5. The van der Waals surface area contributed by atoms with Crippen molar-refractivity contribution in [2.45, 2.75) is 44.9 Å². The fourth-order valence-corrected chi connectivity index (χ4v) is 3.70. The molecule has 0 bridgehead atoms. The van der Waals surface area contributed by atoms with Crippen LogP contribution < -0.4 is 27.8 Å². The van der Waals surface area contributed by atoms with Crippen LogP contribution >= 0.6 is 11.6 Å². The Hall–Kier alpha value is -2.17. The van der Waals surface area contributed by atoms with Gasteiger partial charge in [-0.25, -0.2) is 9.97 Å². The lowest BCUT2D eigenvalue weighted by Gasteiger charge is -2.32. The Morgan fingerprint density at radius 2 is 1.87 bits per heavy atom. The number of unbranched alkanes of at least 4 members (excludes halogenated alkanes) is 2. The summed E-state index contributed by atoms with van der Waals surface area (Å²) in [5.74, 6) is -0.102. The van der Waals surface area contributed by atoms with Gasteiger partial charge in [-0.15, -0.1) is 0 Å². The molecule has 1 amide bonds. The molecule has 0 unspecified atom stereocenters. The van der Waals surface area contributed by atoms with Gasteiger partial charge in [0.15, 0.2) is 28.4 Å². The van der Waals surface area contributed by atoms with Crippen LogP contribution in [0, 0.1) is 11.3 Å². The molecule has 168 valence electrons. The molecule has 1 aliphatic heterocycles. The van der Waals surface area contributed by atoms with Crippen LogP contribution in [0.5, 0.6) is 0 Å². The minimum atomic E-state index is -0.659. The summed E-state index contributed by atoms with van der Waals surface area (Å²) < 4.78 is 0. The van der Waals surface area contributed by atoms with Crippen LogP contribution in [0.3, 0.4) is 0 Å². The van der Waals surface area contributed by atoms with E-state index in [-0.39, 0.29) is 28.4 Å². The number of guanidine groups is 1. The van der Waals surface area contributed by atoms with E-state index in [4.69, 9.17) is 34.2 Å². The van der Waals surface area contributed by atoms with Crippen LogP contribution in [-0.2, 0) is 0 Å². The van der Waals surface area contributed by atoms with Crippen LogP contribution in [0.25, 0.3) is 0 Å². The van der Waals surface area contributed by atoms with E-state index in [2.05, 4.69) is 25.5 Å². The summed E-state index contributed by atoms with van der Waals surface area (Å²) in [4.78, 5) is 22.2. The first-order valence-electron chi connectivity index (χ1n) is 10.6. The number of rotatable bonds is 10. The fourth-order valence-electron chi connectivity index (χ4n) is 3.58. The van der Waals surface area contributed by atoms with E-state index in [1.807, 2.05) is 0 Å². The van der Waals surface area contributed by atoms with Gasteiger partial charge in [0, 0.05) is 6.54 Å². The van der Waals surface area contributed by atoms with Crippen molar-refractivity contribution in [3.8, 4) is 0 Å². The number of nitrogen functional groups attached to an aromatic ring is 2. The van der Waals surface area contributed by atoms with Gasteiger partial charge in [-0.05, 0) is 64.2 Å². The zero-order valence-corrected chi connectivity index (χ0v) is 18.2. The summed E-state index contributed by atoms with van der Waals surface area (Å²) >= 11 is 5.77. The third-order valence-electron chi connectivity index (χ3n) is 5.33. The maximum absolute atomic E-state index is 12.2. The number of amides is 1. The first kappa shape index (κ1) is 24.1. The Bertz CT molecular complexity index is 707. The van der Waals surface area contributed by atoms with Gasteiger partial charge in [0.1, 0.15) is 0 Å². The van der Waals surface area contributed by atoms with Gasteiger partial charge in [0.2, 0.25) is 0 Å². The monoisotopic (exact) mass is 439 g/mol. The highest BCUT2D eigenvalue weighted by molar-refractivity contribution is 6.31. The van der Waals surface area contributed by atoms with Gasteiger partial charge in [0.25, 0.3) is 5.91 Å². The highest BCUT2D eigenvalue weighted by Crippen LogP contribution is 2.22. The Kier molecular flexibility index (Phi) is 10.0. The molecule has 0 saturated carbocycles. The molecule has 1 aliphatic rings. The van der Waals surface area contributed by atoms with E-state index >= 15 is 0 Å². The van der Waals surface area contributed by atoms with Crippen LogP contribution in [0.15, 0.2) is 0 Å².